The summed E-state index contributed by atoms with van der Waals surface area (Å²) < 4.78 is 16.5. The zero-order chi connectivity index (χ0) is 15.7. The quantitative estimate of drug-likeness (QED) is 0.280. The van der Waals surface area contributed by atoms with Crippen LogP contribution in [-0.2, 0) is 20.3 Å². The van der Waals surface area contributed by atoms with Gasteiger partial charge < -0.3 is 15.4 Å². The summed E-state index contributed by atoms with van der Waals surface area (Å²) in [6.45, 7) is 2.46. The Hall–Kier alpha value is -0.380. The van der Waals surface area contributed by atoms with Gasteiger partial charge in [0.15, 0.2) is 5.96 Å². The second-order valence-electron chi connectivity index (χ2n) is 5.12. The third kappa shape index (κ3) is 7.75. The monoisotopic (exact) mass is 445 g/mol. The molecule has 0 spiro atoms. The summed E-state index contributed by atoms with van der Waals surface area (Å²) in [6.07, 6.45) is 4.43. The highest BCUT2D eigenvalue weighted by Crippen LogP contribution is 2.22. The molecule has 3 unspecified atom stereocenters. The Morgan fingerprint density at radius 1 is 1.41 bits per heavy atom. The third-order valence-electron chi connectivity index (χ3n) is 3.70. The van der Waals surface area contributed by atoms with Crippen LogP contribution in [-0.4, -0.2) is 53.9 Å². The van der Waals surface area contributed by atoms with Gasteiger partial charge in [-0.25, -0.2) is 0 Å². The maximum atomic E-state index is 11.9. The lowest BCUT2D eigenvalue weighted by atomic mass is 9.95. The van der Waals surface area contributed by atoms with Crippen molar-refractivity contribution in [1.29, 1.82) is 0 Å². The number of ether oxygens (including phenoxy) is 1. The predicted molar refractivity (Wildman–Crippen MR) is 101 cm³/mol. The van der Waals surface area contributed by atoms with Gasteiger partial charge in [-0.3, -0.25) is 14.0 Å². The number of rotatable bonds is 6. The van der Waals surface area contributed by atoms with Crippen molar-refractivity contribution < 1.29 is 13.7 Å². The van der Waals surface area contributed by atoms with Crippen LogP contribution in [0.5, 0.6) is 0 Å². The Morgan fingerprint density at radius 3 is 2.73 bits per heavy atom. The van der Waals surface area contributed by atoms with Gasteiger partial charge >= 0.3 is 5.97 Å². The van der Waals surface area contributed by atoms with Crippen LogP contribution in [0, 0.1) is 0 Å². The van der Waals surface area contributed by atoms with Crippen molar-refractivity contribution in [3.63, 3.8) is 0 Å². The van der Waals surface area contributed by atoms with Gasteiger partial charge in [0, 0.05) is 41.4 Å². The van der Waals surface area contributed by atoms with Gasteiger partial charge in [-0.15, -0.1) is 24.0 Å². The lowest BCUT2D eigenvalue weighted by molar-refractivity contribution is -0.140. The van der Waals surface area contributed by atoms with Crippen LogP contribution in [0.4, 0.5) is 0 Å². The average Bonchev–Trinajstić information content (AvgIpc) is 2.53. The number of carbonyl (C=O) groups excluding carboxylic acids is 1. The molecule has 1 aliphatic carbocycles. The average molecular weight is 445 g/mol. The van der Waals surface area contributed by atoms with Gasteiger partial charge in [0.05, 0.1) is 13.5 Å². The number of halogens is 1. The molecule has 0 bridgehead atoms. The van der Waals surface area contributed by atoms with E-state index < -0.39 is 10.8 Å². The SMILES string of the molecule is CCS(=O)C1CCCC(NC(=NC)NCCC(=O)OC)C1.I. The van der Waals surface area contributed by atoms with E-state index >= 15 is 0 Å². The van der Waals surface area contributed by atoms with Crippen LogP contribution < -0.4 is 10.6 Å². The molecule has 0 heterocycles. The van der Waals surface area contributed by atoms with Gasteiger partial charge in [-0.2, -0.15) is 0 Å². The molecule has 1 rings (SSSR count). The summed E-state index contributed by atoms with van der Waals surface area (Å²) in [5.74, 6) is 1.17. The van der Waals surface area contributed by atoms with Crippen molar-refractivity contribution in [3.8, 4) is 0 Å². The first-order valence-corrected chi connectivity index (χ1v) is 8.90. The minimum Gasteiger partial charge on any atom is -0.469 e. The number of methoxy groups -OCH3 is 1. The zero-order valence-corrected chi connectivity index (χ0v) is 16.7. The third-order valence-corrected chi connectivity index (χ3v) is 5.44. The number of hydrogen-bond donors (Lipinski definition) is 2. The van der Waals surface area contributed by atoms with Crippen molar-refractivity contribution in [2.24, 2.45) is 4.99 Å². The highest BCUT2D eigenvalue weighted by Gasteiger charge is 2.25. The summed E-state index contributed by atoms with van der Waals surface area (Å²) in [4.78, 5) is 15.2. The molecular weight excluding hydrogens is 417 g/mol. The van der Waals surface area contributed by atoms with E-state index in [0.29, 0.717) is 25.0 Å². The molecule has 0 aromatic rings. The second-order valence-corrected chi connectivity index (χ2v) is 7.13. The van der Waals surface area contributed by atoms with Gasteiger partial charge in [0.25, 0.3) is 0 Å². The fourth-order valence-corrected chi connectivity index (χ4v) is 3.87. The first-order chi connectivity index (χ1) is 10.1. The Kier molecular flexibility index (Phi) is 11.9. The maximum Gasteiger partial charge on any atom is 0.307 e. The van der Waals surface area contributed by atoms with Crippen LogP contribution in [0.1, 0.15) is 39.0 Å². The molecule has 1 aliphatic rings. The Labute approximate surface area is 152 Å². The maximum absolute atomic E-state index is 11.9. The topological polar surface area (TPSA) is 79.8 Å². The summed E-state index contributed by atoms with van der Waals surface area (Å²) in [5.41, 5.74) is 0. The van der Waals surface area contributed by atoms with Crippen molar-refractivity contribution in [2.75, 3.05) is 26.5 Å². The van der Waals surface area contributed by atoms with Crippen LogP contribution >= 0.6 is 24.0 Å². The second kappa shape index (κ2) is 12.1. The predicted octanol–water partition coefficient (Wildman–Crippen LogP) is 1.41. The summed E-state index contributed by atoms with van der Waals surface area (Å²) in [5, 5.41) is 6.75. The van der Waals surface area contributed by atoms with Crippen LogP contribution in [0.15, 0.2) is 4.99 Å². The summed E-state index contributed by atoms with van der Waals surface area (Å²) in [6, 6.07) is 0.295. The molecule has 0 aromatic carbocycles. The largest absolute Gasteiger partial charge is 0.469 e. The molecule has 22 heavy (non-hydrogen) atoms. The van der Waals surface area contributed by atoms with Crippen LogP contribution in [0.3, 0.4) is 0 Å². The molecular formula is C14H28IN3O3S. The minimum atomic E-state index is -0.725. The first kappa shape index (κ1) is 21.6. The lowest BCUT2D eigenvalue weighted by Crippen LogP contribution is -2.47. The van der Waals surface area contributed by atoms with Crippen molar-refractivity contribution in [2.45, 2.75) is 50.3 Å². The normalized spacial score (nSPS) is 23.1. The molecule has 130 valence electrons. The fraction of sp³-hybridized carbons (Fsp3) is 0.857. The van der Waals surface area contributed by atoms with Crippen molar-refractivity contribution >= 4 is 46.7 Å². The molecule has 0 saturated heterocycles. The van der Waals surface area contributed by atoms with E-state index in [2.05, 4.69) is 20.4 Å². The van der Waals surface area contributed by atoms with E-state index in [1.165, 1.54) is 7.11 Å². The van der Waals surface area contributed by atoms with Gasteiger partial charge in [0.1, 0.15) is 0 Å². The molecule has 0 amide bonds. The molecule has 8 heteroatoms. The van der Waals surface area contributed by atoms with E-state index in [4.69, 9.17) is 0 Å². The Morgan fingerprint density at radius 2 is 2.14 bits per heavy atom. The van der Waals surface area contributed by atoms with E-state index in [0.717, 1.165) is 31.4 Å². The Bertz CT molecular complexity index is 394. The van der Waals surface area contributed by atoms with E-state index in [-0.39, 0.29) is 35.2 Å². The van der Waals surface area contributed by atoms with Gasteiger partial charge in [-0.1, -0.05) is 13.3 Å². The molecule has 1 fully saturated rings. The molecule has 0 aromatic heterocycles. The lowest BCUT2D eigenvalue weighted by Gasteiger charge is -2.30. The van der Waals surface area contributed by atoms with Gasteiger partial charge in [-0.05, 0) is 19.3 Å². The van der Waals surface area contributed by atoms with Crippen LogP contribution in [0.25, 0.3) is 0 Å². The molecule has 2 N–H and O–H groups in total. The van der Waals surface area contributed by atoms with Crippen molar-refractivity contribution in [3.05, 3.63) is 0 Å². The minimum absolute atomic E-state index is 0. The van der Waals surface area contributed by atoms with Crippen LogP contribution in [0.2, 0.25) is 0 Å². The molecule has 3 atom stereocenters. The molecule has 0 radical (unpaired) electrons. The van der Waals surface area contributed by atoms with E-state index in [1.807, 2.05) is 6.92 Å². The van der Waals surface area contributed by atoms with E-state index in [9.17, 15) is 9.00 Å². The number of nitrogens with one attached hydrogen (secondary N) is 2. The number of nitrogens with zero attached hydrogens (tertiary/aromatic N) is 1. The first-order valence-electron chi connectivity index (χ1n) is 7.51. The van der Waals surface area contributed by atoms with Gasteiger partial charge in [0.2, 0.25) is 0 Å². The highest BCUT2D eigenvalue weighted by molar-refractivity contribution is 14.0. The fourth-order valence-electron chi connectivity index (χ4n) is 2.52. The number of hydrogen-bond acceptors (Lipinski definition) is 4. The smallest absolute Gasteiger partial charge is 0.307 e. The van der Waals surface area contributed by atoms with Crippen molar-refractivity contribution in [1.82, 2.24) is 10.6 Å². The van der Waals surface area contributed by atoms with E-state index in [1.54, 1.807) is 7.05 Å². The Balaban J connectivity index is 0.00000441. The summed E-state index contributed by atoms with van der Waals surface area (Å²) >= 11 is 0. The number of guanidine groups is 1. The summed E-state index contributed by atoms with van der Waals surface area (Å²) in [7, 11) is 2.36. The highest BCUT2D eigenvalue weighted by atomic mass is 127. The number of carbonyl (C=O) groups is 1. The number of aliphatic imine (C=N–C) groups is 1. The number of esters is 1. The standard InChI is InChI=1S/C14H27N3O3S.HI/c1-4-21(19)12-7-5-6-11(10-12)17-14(15-2)16-9-8-13(18)20-3;/h11-12H,4-10H2,1-3H3,(H2,15,16,17);1H. The molecule has 6 nitrogen and oxygen atoms in total. The molecule has 0 aliphatic heterocycles. The zero-order valence-electron chi connectivity index (χ0n) is 13.6. The molecule has 1 saturated carbocycles.